The third-order valence-corrected chi connectivity index (χ3v) is 4.57. The van der Waals surface area contributed by atoms with Crippen LogP contribution in [0.3, 0.4) is 0 Å². The van der Waals surface area contributed by atoms with E-state index in [-0.39, 0.29) is 0 Å². The minimum atomic E-state index is 0.786. The summed E-state index contributed by atoms with van der Waals surface area (Å²) in [4.78, 5) is 0. The molecule has 0 aliphatic heterocycles. The second-order valence-electron chi connectivity index (χ2n) is 2.33. The van der Waals surface area contributed by atoms with E-state index >= 15 is 0 Å². The van der Waals surface area contributed by atoms with Gasteiger partial charge in [-0.1, -0.05) is 29.3 Å². The zero-order chi connectivity index (χ0) is 8.72. The van der Waals surface area contributed by atoms with Crippen molar-refractivity contribution in [2.24, 2.45) is 0 Å². The highest BCUT2D eigenvalue weighted by molar-refractivity contribution is 14.1. The van der Waals surface area contributed by atoms with E-state index in [9.17, 15) is 0 Å². The average molecular weight is 329 g/mol. The van der Waals surface area contributed by atoms with E-state index in [0.29, 0.717) is 0 Å². The highest BCUT2D eigenvalue weighted by Gasteiger charge is 2.06. The van der Waals surface area contributed by atoms with Gasteiger partial charge in [-0.3, -0.25) is 0 Å². The fourth-order valence-corrected chi connectivity index (χ4v) is 3.11. The molecule has 0 radical (unpaired) electrons. The van der Waals surface area contributed by atoms with E-state index in [4.69, 9.17) is 23.2 Å². The minimum Gasteiger partial charge on any atom is -0.122 e. The number of halogens is 3. The standard InChI is InChI=1S/C8H3Cl2IS/c9-6-3-4-1-2-5(11)7(10)8(4)12-6/h1-3H. The van der Waals surface area contributed by atoms with Crippen molar-refractivity contribution in [1.82, 2.24) is 0 Å². The summed E-state index contributed by atoms with van der Waals surface area (Å²) in [7, 11) is 0. The fourth-order valence-electron chi connectivity index (χ4n) is 1.01. The van der Waals surface area contributed by atoms with Crippen LogP contribution in [0.2, 0.25) is 9.36 Å². The zero-order valence-corrected chi connectivity index (χ0v) is 10.3. The van der Waals surface area contributed by atoms with Crippen molar-refractivity contribution < 1.29 is 0 Å². The van der Waals surface area contributed by atoms with Crippen LogP contribution >= 0.6 is 57.1 Å². The number of fused-ring (bicyclic) bond motifs is 1. The molecule has 0 fully saturated rings. The van der Waals surface area contributed by atoms with Crippen molar-refractivity contribution >= 4 is 67.2 Å². The summed E-state index contributed by atoms with van der Waals surface area (Å²) in [5.74, 6) is 0. The summed E-state index contributed by atoms with van der Waals surface area (Å²) >= 11 is 15.7. The summed E-state index contributed by atoms with van der Waals surface area (Å²) in [5.41, 5.74) is 0. The first-order valence-electron chi connectivity index (χ1n) is 3.21. The predicted octanol–water partition coefficient (Wildman–Crippen LogP) is 4.81. The largest absolute Gasteiger partial charge is 0.122 e. The van der Waals surface area contributed by atoms with Crippen LogP contribution in [0.1, 0.15) is 0 Å². The Morgan fingerprint density at radius 1 is 1.25 bits per heavy atom. The molecule has 1 heterocycles. The van der Waals surface area contributed by atoms with Crippen LogP contribution in [-0.4, -0.2) is 0 Å². The highest BCUT2D eigenvalue weighted by atomic mass is 127. The molecule has 4 heteroatoms. The Hall–Kier alpha value is 0.490. The number of thiophene rings is 1. The van der Waals surface area contributed by atoms with Gasteiger partial charge in [0.25, 0.3) is 0 Å². The number of benzene rings is 1. The lowest BCUT2D eigenvalue weighted by atomic mass is 10.3. The van der Waals surface area contributed by atoms with Gasteiger partial charge in [0.15, 0.2) is 0 Å². The van der Waals surface area contributed by atoms with Gasteiger partial charge in [0.1, 0.15) is 0 Å². The molecule has 0 amide bonds. The summed E-state index contributed by atoms with van der Waals surface area (Å²) in [6.07, 6.45) is 0. The molecule has 0 saturated carbocycles. The minimum absolute atomic E-state index is 0.786. The van der Waals surface area contributed by atoms with Crippen molar-refractivity contribution in [3.8, 4) is 0 Å². The molecular weight excluding hydrogens is 326 g/mol. The van der Waals surface area contributed by atoms with E-state index in [0.717, 1.165) is 23.0 Å². The lowest BCUT2D eigenvalue weighted by molar-refractivity contribution is 1.76. The topological polar surface area (TPSA) is 0 Å². The summed E-state index contributed by atoms with van der Waals surface area (Å²) in [6, 6.07) is 5.96. The van der Waals surface area contributed by atoms with E-state index in [2.05, 4.69) is 22.6 Å². The molecule has 12 heavy (non-hydrogen) atoms. The fraction of sp³-hybridized carbons (Fsp3) is 0. The maximum absolute atomic E-state index is 6.08. The van der Waals surface area contributed by atoms with Crippen LogP contribution in [0, 0.1) is 3.57 Å². The molecule has 0 atom stereocenters. The molecule has 62 valence electrons. The van der Waals surface area contributed by atoms with Gasteiger partial charge in [0.05, 0.1) is 14.1 Å². The summed E-state index contributed by atoms with van der Waals surface area (Å²) in [6.45, 7) is 0. The molecule has 2 rings (SSSR count). The normalized spacial score (nSPS) is 10.9. The van der Waals surface area contributed by atoms with Crippen molar-refractivity contribution in [3.05, 3.63) is 31.1 Å². The number of hydrogen-bond acceptors (Lipinski definition) is 1. The van der Waals surface area contributed by atoms with Gasteiger partial charge in [-0.2, -0.15) is 0 Å². The smallest absolute Gasteiger partial charge is 0.0941 e. The van der Waals surface area contributed by atoms with E-state index in [1.807, 2.05) is 18.2 Å². The van der Waals surface area contributed by atoms with Crippen LogP contribution < -0.4 is 0 Å². The second kappa shape index (κ2) is 3.33. The third kappa shape index (κ3) is 1.45. The monoisotopic (exact) mass is 328 g/mol. The van der Waals surface area contributed by atoms with Crippen LogP contribution in [0.25, 0.3) is 10.1 Å². The van der Waals surface area contributed by atoms with Crippen LogP contribution in [0.4, 0.5) is 0 Å². The van der Waals surface area contributed by atoms with Gasteiger partial charge in [0, 0.05) is 3.57 Å². The molecule has 0 N–H and O–H groups in total. The molecule has 0 nitrogen and oxygen atoms in total. The summed E-state index contributed by atoms with van der Waals surface area (Å²) in [5, 5.41) is 1.93. The molecular formula is C8H3Cl2IS. The first-order valence-corrected chi connectivity index (χ1v) is 5.86. The Morgan fingerprint density at radius 2 is 2.00 bits per heavy atom. The van der Waals surface area contributed by atoms with Gasteiger partial charge in [0.2, 0.25) is 0 Å². The lowest BCUT2D eigenvalue weighted by Crippen LogP contribution is -1.71. The molecule has 0 saturated heterocycles. The molecule has 0 spiro atoms. The molecule has 0 aliphatic carbocycles. The summed E-state index contributed by atoms with van der Waals surface area (Å²) < 4.78 is 2.93. The molecule has 0 unspecified atom stereocenters. The van der Waals surface area contributed by atoms with Crippen LogP contribution in [-0.2, 0) is 0 Å². The Labute approximate surface area is 97.6 Å². The van der Waals surface area contributed by atoms with E-state index < -0.39 is 0 Å². The van der Waals surface area contributed by atoms with Gasteiger partial charge < -0.3 is 0 Å². The quantitative estimate of drug-likeness (QED) is 0.609. The molecule has 1 aromatic carbocycles. The van der Waals surface area contributed by atoms with Gasteiger partial charge >= 0.3 is 0 Å². The first-order chi connectivity index (χ1) is 5.68. The Kier molecular flexibility index (Phi) is 2.51. The average Bonchev–Trinajstić information content (AvgIpc) is 2.39. The van der Waals surface area contributed by atoms with Crippen molar-refractivity contribution in [1.29, 1.82) is 0 Å². The van der Waals surface area contributed by atoms with Crippen molar-refractivity contribution in [2.45, 2.75) is 0 Å². The second-order valence-corrected chi connectivity index (χ2v) is 5.55. The van der Waals surface area contributed by atoms with Gasteiger partial charge in [-0.05, 0) is 40.1 Å². The van der Waals surface area contributed by atoms with Gasteiger partial charge in [-0.15, -0.1) is 11.3 Å². The lowest BCUT2D eigenvalue weighted by Gasteiger charge is -1.95. The number of hydrogen-bond donors (Lipinski definition) is 0. The van der Waals surface area contributed by atoms with Crippen LogP contribution in [0.15, 0.2) is 18.2 Å². The molecule has 1 aromatic heterocycles. The van der Waals surface area contributed by atoms with Crippen molar-refractivity contribution in [3.63, 3.8) is 0 Å². The first kappa shape index (κ1) is 9.06. The Morgan fingerprint density at radius 3 is 2.75 bits per heavy atom. The predicted molar refractivity (Wildman–Crippen MR) is 64.6 cm³/mol. The Balaban J connectivity index is 2.89. The third-order valence-electron chi connectivity index (χ3n) is 1.55. The highest BCUT2D eigenvalue weighted by Crippen LogP contribution is 2.36. The number of rotatable bonds is 0. The van der Waals surface area contributed by atoms with Gasteiger partial charge in [-0.25, -0.2) is 0 Å². The van der Waals surface area contributed by atoms with E-state index in [1.54, 1.807) is 0 Å². The maximum Gasteiger partial charge on any atom is 0.0941 e. The van der Waals surface area contributed by atoms with Crippen LogP contribution in [0.5, 0.6) is 0 Å². The maximum atomic E-state index is 6.08. The van der Waals surface area contributed by atoms with E-state index in [1.165, 1.54) is 11.3 Å². The SMILES string of the molecule is Clc1cc2ccc(I)c(Cl)c2s1. The molecule has 2 aromatic rings. The Bertz CT molecular complexity index is 436. The molecule has 0 aliphatic rings. The van der Waals surface area contributed by atoms with Crippen molar-refractivity contribution in [2.75, 3.05) is 0 Å². The molecule has 0 bridgehead atoms. The zero-order valence-electron chi connectivity index (χ0n) is 5.77.